The summed E-state index contributed by atoms with van der Waals surface area (Å²) in [6.45, 7) is 7.35. The third-order valence-corrected chi connectivity index (χ3v) is 2.20. The third-order valence-electron chi connectivity index (χ3n) is 2.20. The first-order valence-electron chi connectivity index (χ1n) is 5.40. The Kier molecular flexibility index (Phi) is 3.70. The van der Waals surface area contributed by atoms with Crippen LogP contribution < -0.4 is 5.32 Å². The first-order chi connectivity index (χ1) is 7.30. The molecular formula is C13H19NO2. The van der Waals surface area contributed by atoms with Crippen molar-refractivity contribution in [3.63, 3.8) is 0 Å². The minimum absolute atomic E-state index is 0.121. The molecule has 1 rings (SSSR count). The van der Waals surface area contributed by atoms with Crippen LogP contribution in [0.1, 0.15) is 38.1 Å². The van der Waals surface area contributed by atoms with Crippen molar-refractivity contribution in [1.82, 2.24) is 0 Å². The molecular weight excluding hydrogens is 202 g/mol. The number of aliphatic hydroxyl groups excluding tert-OH is 1. The van der Waals surface area contributed by atoms with Crippen molar-refractivity contribution in [1.29, 1.82) is 0 Å². The molecule has 0 aliphatic heterocycles. The van der Waals surface area contributed by atoms with Crippen LogP contribution in [0.4, 0.5) is 5.69 Å². The normalized spacial score (nSPS) is 13.3. The molecule has 0 fully saturated rings. The topological polar surface area (TPSA) is 49.3 Å². The molecule has 2 N–H and O–H groups in total. The molecule has 0 heterocycles. The van der Waals surface area contributed by atoms with E-state index in [1.807, 2.05) is 20.8 Å². The van der Waals surface area contributed by atoms with E-state index in [-0.39, 0.29) is 11.2 Å². The number of ketones is 1. The van der Waals surface area contributed by atoms with Gasteiger partial charge in [0.2, 0.25) is 0 Å². The standard InChI is InChI=1S/C13H19NO2/c1-9(15)14-11-7-5-10(6-8-11)12(16)13(2,3)4/h5-9,14-15H,1-4H3. The maximum absolute atomic E-state index is 11.9. The van der Waals surface area contributed by atoms with Crippen LogP contribution in [0.15, 0.2) is 24.3 Å². The summed E-state index contributed by atoms with van der Waals surface area (Å²) >= 11 is 0. The first kappa shape index (κ1) is 12.7. The SMILES string of the molecule is CC(O)Nc1ccc(C(=O)C(C)(C)C)cc1. The van der Waals surface area contributed by atoms with E-state index in [9.17, 15) is 4.79 Å². The van der Waals surface area contributed by atoms with Gasteiger partial charge in [0.25, 0.3) is 0 Å². The quantitative estimate of drug-likeness (QED) is 0.609. The molecule has 3 heteroatoms. The molecule has 1 unspecified atom stereocenters. The molecule has 1 atom stereocenters. The molecule has 0 aliphatic carbocycles. The summed E-state index contributed by atoms with van der Waals surface area (Å²) in [4.78, 5) is 11.9. The number of nitrogens with one attached hydrogen (secondary N) is 1. The lowest BCUT2D eigenvalue weighted by Gasteiger charge is -2.17. The highest BCUT2D eigenvalue weighted by molar-refractivity contribution is 6.00. The number of carbonyl (C=O) groups excluding carboxylic acids is 1. The minimum Gasteiger partial charge on any atom is -0.374 e. The van der Waals surface area contributed by atoms with Gasteiger partial charge >= 0.3 is 0 Å². The highest BCUT2D eigenvalue weighted by atomic mass is 16.3. The van der Waals surface area contributed by atoms with Crippen molar-refractivity contribution in [2.24, 2.45) is 5.41 Å². The van der Waals surface area contributed by atoms with Gasteiger partial charge in [-0.05, 0) is 31.2 Å². The molecule has 0 aromatic heterocycles. The Labute approximate surface area is 96.5 Å². The van der Waals surface area contributed by atoms with Crippen LogP contribution in [0.5, 0.6) is 0 Å². The van der Waals surface area contributed by atoms with Crippen molar-refractivity contribution in [3.05, 3.63) is 29.8 Å². The van der Waals surface area contributed by atoms with Crippen LogP contribution in [0.25, 0.3) is 0 Å². The number of aliphatic hydroxyl groups is 1. The van der Waals surface area contributed by atoms with Crippen LogP contribution in [0.3, 0.4) is 0 Å². The summed E-state index contributed by atoms with van der Waals surface area (Å²) in [5.74, 6) is 0.121. The fraction of sp³-hybridized carbons (Fsp3) is 0.462. The molecule has 0 bridgehead atoms. The third kappa shape index (κ3) is 3.35. The molecule has 1 aromatic carbocycles. The number of Topliss-reactive ketones (excluding diaryl/α,β-unsaturated/α-hetero) is 1. The zero-order valence-corrected chi connectivity index (χ0v) is 10.2. The van der Waals surface area contributed by atoms with Crippen molar-refractivity contribution < 1.29 is 9.90 Å². The van der Waals surface area contributed by atoms with Gasteiger partial charge in [-0.1, -0.05) is 20.8 Å². The molecule has 0 saturated heterocycles. The van der Waals surface area contributed by atoms with Gasteiger partial charge in [-0.3, -0.25) is 4.79 Å². The molecule has 0 spiro atoms. The molecule has 1 aromatic rings. The van der Waals surface area contributed by atoms with E-state index in [1.165, 1.54) is 0 Å². The van der Waals surface area contributed by atoms with Crippen LogP contribution in [0.2, 0.25) is 0 Å². The number of rotatable bonds is 3. The van der Waals surface area contributed by atoms with E-state index in [0.717, 1.165) is 5.69 Å². The smallest absolute Gasteiger partial charge is 0.168 e. The Morgan fingerprint density at radius 2 is 1.75 bits per heavy atom. The summed E-state index contributed by atoms with van der Waals surface area (Å²) < 4.78 is 0. The number of benzene rings is 1. The molecule has 0 aliphatic rings. The van der Waals surface area contributed by atoms with Gasteiger partial charge in [0.15, 0.2) is 5.78 Å². The zero-order chi connectivity index (χ0) is 12.3. The van der Waals surface area contributed by atoms with E-state index in [1.54, 1.807) is 31.2 Å². The maximum atomic E-state index is 11.9. The van der Waals surface area contributed by atoms with Crippen LogP contribution in [-0.4, -0.2) is 17.1 Å². The predicted molar refractivity (Wildman–Crippen MR) is 65.5 cm³/mol. The second-order valence-corrected chi connectivity index (χ2v) is 4.98. The lowest BCUT2D eigenvalue weighted by Crippen LogP contribution is -2.20. The average molecular weight is 221 g/mol. The largest absolute Gasteiger partial charge is 0.374 e. The summed E-state index contributed by atoms with van der Waals surface area (Å²) in [5, 5.41) is 12.0. The van der Waals surface area contributed by atoms with Gasteiger partial charge in [-0.25, -0.2) is 0 Å². The van der Waals surface area contributed by atoms with E-state index in [2.05, 4.69) is 5.32 Å². The van der Waals surface area contributed by atoms with E-state index < -0.39 is 6.23 Å². The van der Waals surface area contributed by atoms with Crippen molar-refractivity contribution >= 4 is 11.5 Å². The molecule has 0 radical (unpaired) electrons. The summed E-state index contributed by atoms with van der Waals surface area (Å²) in [5.41, 5.74) is 1.14. The summed E-state index contributed by atoms with van der Waals surface area (Å²) in [6, 6.07) is 7.15. The fourth-order valence-electron chi connectivity index (χ4n) is 1.39. The van der Waals surface area contributed by atoms with Crippen LogP contribution in [0, 0.1) is 5.41 Å². The summed E-state index contributed by atoms with van der Waals surface area (Å²) in [6.07, 6.45) is -0.593. The lowest BCUT2D eigenvalue weighted by molar-refractivity contribution is 0.0858. The predicted octanol–water partition coefficient (Wildman–Crippen LogP) is 2.67. The lowest BCUT2D eigenvalue weighted by atomic mass is 9.86. The van der Waals surface area contributed by atoms with Crippen LogP contribution >= 0.6 is 0 Å². The van der Waals surface area contributed by atoms with E-state index >= 15 is 0 Å². The highest BCUT2D eigenvalue weighted by Crippen LogP contribution is 2.21. The number of hydrogen-bond donors (Lipinski definition) is 2. The Hall–Kier alpha value is -1.35. The first-order valence-corrected chi connectivity index (χ1v) is 5.40. The number of carbonyl (C=O) groups is 1. The molecule has 88 valence electrons. The monoisotopic (exact) mass is 221 g/mol. The Morgan fingerprint density at radius 1 is 1.25 bits per heavy atom. The van der Waals surface area contributed by atoms with Gasteiger partial charge in [0.05, 0.1) is 0 Å². The van der Waals surface area contributed by atoms with Crippen molar-refractivity contribution in [2.45, 2.75) is 33.9 Å². The second-order valence-electron chi connectivity index (χ2n) is 4.98. The van der Waals surface area contributed by atoms with Gasteiger partial charge in [-0.2, -0.15) is 0 Å². The van der Waals surface area contributed by atoms with Crippen LogP contribution in [-0.2, 0) is 0 Å². The van der Waals surface area contributed by atoms with Gasteiger partial charge < -0.3 is 10.4 Å². The van der Waals surface area contributed by atoms with Gasteiger partial charge in [-0.15, -0.1) is 0 Å². The Balaban J connectivity index is 2.83. The van der Waals surface area contributed by atoms with E-state index in [4.69, 9.17) is 5.11 Å². The molecule has 16 heavy (non-hydrogen) atoms. The summed E-state index contributed by atoms with van der Waals surface area (Å²) in [7, 11) is 0. The minimum atomic E-state index is -0.593. The number of hydrogen-bond acceptors (Lipinski definition) is 3. The van der Waals surface area contributed by atoms with E-state index in [0.29, 0.717) is 5.56 Å². The molecule has 3 nitrogen and oxygen atoms in total. The number of anilines is 1. The Bertz CT molecular complexity index is 361. The zero-order valence-electron chi connectivity index (χ0n) is 10.2. The Morgan fingerprint density at radius 3 is 2.12 bits per heavy atom. The van der Waals surface area contributed by atoms with Gasteiger partial charge in [0.1, 0.15) is 6.23 Å². The second kappa shape index (κ2) is 4.66. The molecule has 0 saturated carbocycles. The van der Waals surface area contributed by atoms with Gasteiger partial charge in [0, 0.05) is 16.7 Å². The van der Waals surface area contributed by atoms with Crippen molar-refractivity contribution in [2.75, 3.05) is 5.32 Å². The average Bonchev–Trinajstić information content (AvgIpc) is 2.15. The van der Waals surface area contributed by atoms with Crippen molar-refractivity contribution in [3.8, 4) is 0 Å². The highest BCUT2D eigenvalue weighted by Gasteiger charge is 2.22. The fourth-order valence-corrected chi connectivity index (χ4v) is 1.39. The molecule has 0 amide bonds. The maximum Gasteiger partial charge on any atom is 0.168 e.